The summed E-state index contributed by atoms with van der Waals surface area (Å²) in [6.45, 7) is 0.897. The molecule has 2 aromatic rings. The molecule has 122 valence electrons. The van der Waals surface area contributed by atoms with E-state index in [0.29, 0.717) is 17.8 Å². The lowest BCUT2D eigenvalue weighted by Crippen LogP contribution is -2.15. The van der Waals surface area contributed by atoms with Crippen LogP contribution < -0.4 is 15.4 Å². The van der Waals surface area contributed by atoms with Gasteiger partial charge in [-0.2, -0.15) is 0 Å². The average molecular weight is 314 g/mol. The van der Waals surface area contributed by atoms with E-state index in [1.165, 1.54) is 0 Å². The zero-order valence-electron chi connectivity index (χ0n) is 13.2. The Morgan fingerprint density at radius 1 is 1.09 bits per heavy atom. The number of methoxy groups -OCH3 is 1. The van der Waals surface area contributed by atoms with Gasteiger partial charge in [-0.1, -0.05) is 12.1 Å². The fraction of sp³-hybridized carbons (Fsp3) is 0.278. The van der Waals surface area contributed by atoms with E-state index in [9.17, 15) is 4.79 Å². The number of anilines is 2. The maximum atomic E-state index is 12.5. The minimum absolute atomic E-state index is 0.166. The summed E-state index contributed by atoms with van der Waals surface area (Å²) in [4.78, 5) is 12.5. The molecule has 0 saturated carbocycles. The Morgan fingerprint density at radius 2 is 1.83 bits per heavy atom. The smallest absolute Gasteiger partial charge is 0.257 e. The van der Waals surface area contributed by atoms with Crippen LogP contribution in [0.1, 0.15) is 23.2 Å². The lowest BCUT2D eigenvalue weighted by Gasteiger charge is -2.12. The summed E-state index contributed by atoms with van der Waals surface area (Å²) in [5, 5.41) is 14.9. The monoisotopic (exact) mass is 314 g/mol. The number of hydrogen-bond acceptors (Lipinski definition) is 4. The summed E-state index contributed by atoms with van der Waals surface area (Å²) in [6.07, 6.45) is 1.60. The molecule has 0 fully saturated rings. The van der Waals surface area contributed by atoms with E-state index in [-0.39, 0.29) is 12.5 Å². The number of carbonyl (C=O) groups excluding carboxylic acids is 1. The maximum Gasteiger partial charge on any atom is 0.257 e. The van der Waals surface area contributed by atoms with Crippen molar-refractivity contribution in [1.82, 2.24) is 0 Å². The number of ether oxygens (including phenoxy) is 1. The Kier molecular flexibility index (Phi) is 6.44. The van der Waals surface area contributed by atoms with Crippen LogP contribution in [0.15, 0.2) is 48.5 Å². The van der Waals surface area contributed by atoms with Gasteiger partial charge in [0.25, 0.3) is 5.91 Å². The molecule has 0 spiro atoms. The van der Waals surface area contributed by atoms with Crippen molar-refractivity contribution in [3.63, 3.8) is 0 Å². The number of nitrogens with one attached hydrogen (secondary N) is 2. The second kappa shape index (κ2) is 8.80. The quantitative estimate of drug-likeness (QED) is 0.655. The molecule has 1 amide bonds. The van der Waals surface area contributed by atoms with Crippen LogP contribution in [0.5, 0.6) is 5.75 Å². The highest BCUT2D eigenvalue weighted by molar-refractivity contribution is 6.08. The molecule has 0 aliphatic rings. The molecule has 0 radical (unpaired) electrons. The number of unbranched alkanes of at least 4 members (excludes halogenated alkanes) is 1. The summed E-state index contributed by atoms with van der Waals surface area (Å²) in [7, 11) is 1.60. The lowest BCUT2D eigenvalue weighted by atomic mass is 10.1. The van der Waals surface area contributed by atoms with E-state index in [1.807, 2.05) is 18.2 Å². The van der Waals surface area contributed by atoms with Crippen LogP contribution in [0, 0.1) is 0 Å². The predicted molar refractivity (Wildman–Crippen MR) is 92.2 cm³/mol. The summed E-state index contributed by atoms with van der Waals surface area (Å²) >= 11 is 0. The van der Waals surface area contributed by atoms with E-state index in [4.69, 9.17) is 9.84 Å². The van der Waals surface area contributed by atoms with Gasteiger partial charge >= 0.3 is 0 Å². The molecule has 3 N–H and O–H groups in total. The van der Waals surface area contributed by atoms with Crippen LogP contribution in [0.4, 0.5) is 11.4 Å². The first-order chi connectivity index (χ1) is 11.2. The molecular formula is C18H22N2O3. The van der Waals surface area contributed by atoms with Crippen molar-refractivity contribution in [3.8, 4) is 5.75 Å². The van der Waals surface area contributed by atoms with Crippen molar-refractivity contribution in [1.29, 1.82) is 0 Å². The van der Waals surface area contributed by atoms with Gasteiger partial charge in [-0.05, 0) is 49.2 Å². The molecule has 0 atom stereocenters. The van der Waals surface area contributed by atoms with Crippen LogP contribution in [0.2, 0.25) is 0 Å². The number of hydrogen-bond donors (Lipinski definition) is 3. The molecule has 2 aromatic carbocycles. The number of rotatable bonds is 8. The van der Waals surface area contributed by atoms with Crippen molar-refractivity contribution in [2.75, 3.05) is 30.9 Å². The molecule has 2 rings (SSSR count). The highest BCUT2D eigenvalue weighted by Crippen LogP contribution is 2.19. The van der Waals surface area contributed by atoms with Crippen LogP contribution in [-0.2, 0) is 0 Å². The Hall–Kier alpha value is -2.53. The Labute approximate surface area is 136 Å². The summed E-state index contributed by atoms with van der Waals surface area (Å²) < 4.78 is 5.10. The highest BCUT2D eigenvalue weighted by Gasteiger charge is 2.11. The lowest BCUT2D eigenvalue weighted by molar-refractivity contribution is 0.102. The maximum absolute atomic E-state index is 12.5. The topological polar surface area (TPSA) is 70.6 Å². The average Bonchev–Trinajstić information content (AvgIpc) is 2.59. The third-order valence-electron chi connectivity index (χ3n) is 3.42. The first-order valence-corrected chi connectivity index (χ1v) is 7.63. The van der Waals surface area contributed by atoms with Crippen LogP contribution in [-0.4, -0.2) is 31.3 Å². The number of aliphatic hydroxyl groups is 1. The summed E-state index contributed by atoms with van der Waals surface area (Å²) in [6, 6.07) is 14.6. The van der Waals surface area contributed by atoms with E-state index in [0.717, 1.165) is 24.3 Å². The van der Waals surface area contributed by atoms with Crippen LogP contribution in [0.3, 0.4) is 0 Å². The fourth-order valence-corrected chi connectivity index (χ4v) is 2.17. The van der Waals surface area contributed by atoms with Crippen LogP contribution in [0.25, 0.3) is 0 Å². The number of para-hydroxylation sites is 1. The van der Waals surface area contributed by atoms with Crippen molar-refractivity contribution < 1.29 is 14.6 Å². The molecule has 5 heteroatoms. The van der Waals surface area contributed by atoms with Gasteiger partial charge in [-0.15, -0.1) is 0 Å². The van der Waals surface area contributed by atoms with Crippen molar-refractivity contribution in [3.05, 3.63) is 54.1 Å². The minimum Gasteiger partial charge on any atom is -0.497 e. The second-order valence-electron chi connectivity index (χ2n) is 5.09. The van der Waals surface area contributed by atoms with Crippen LogP contribution >= 0.6 is 0 Å². The zero-order valence-corrected chi connectivity index (χ0v) is 13.2. The molecule has 5 nitrogen and oxygen atoms in total. The fourth-order valence-electron chi connectivity index (χ4n) is 2.17. The van der Waals surface area contributed by atoms with Gasteiger partial charge in [0.1, 0.15) is 5.75 Å². The third-order valence-corrected chi connectivity index (χ3v) is 3.42. The summed E-state index contributed by atoms with van der Waals surface area (Å²) in [5.41, 5.74) is 2.09. The number of aliphatic hydroxyl groups excluding tert-OH is 1. The number of carbonyl (C=O) groups is 1. The third kappa shape index (κ3) is 5.00. The largest absolute Gasteiger partial charge is 0.497 e. The molecule has 0 aliphatic carbocycles. The van der Waals surface area contributed by atoms with Crippen molar-refractivity contribution in [2.45, 2.75) is 12.8 Å². The Morgan fingerprint density at radius 3 is 2.52 bits per heavy atom. The highest BCUT2D eigenvalue weighted by atomic mass is 16.5. The molecule has 23 heavy (non-hydrogen) atoms. The summed E-state index contributed by atoms with van der Waals surface area (Å²) in [5.74, 6) is 0.578. The molecule has 0 bridgehead atoms. The van der Waals surface area contributed by atoms with Gasteiger partial charge in [0.05, 0.1) is 12.7 Å². The molecule has 0 aromatic heterocycles. The number of amides is 1. The molecule has 0 heterocycles. The van der Waals surface area contributed by atoms with E-state index in [1.54, 1.807) is 37.4 Å². The van der Waals surface area contributed by atoms with E-state index < -0.39 is 0 Å². The Balaban J connectivity index is 2.03. The normalized spacial score (nSPS) is 10.2. The van der Waals surface area contributed by atoms with Gasteiger partial charge in [0.15, 0.2) is 0 Å². The first kappa shape index (κ1) is 16.8. The molecule has 0 saturated heterocycles. The Bertz CT molecular complexity index is 626. The van der Waals surface area contributed by atoms with Gasteiger partial charge in [0, 0.05) is 24.5 Å². The SMILES string of the molecule is COc1ccc(NC(=O)c2ccccc2NCCCCO)cc1. The molecule has 0 unspecified atom stereocenters. The number of benzene rings is 2. The van der Waals surface area contributed by atoms with Gasteiger partial charge in [-0.3, -0.25) is 4.79 Å². The predicted octanol–water partition coefficient (Wildman–Crippen LogP) is 3.13. The van der Waals surface area contributed by atoms with Gasteiger partial charge < -0.3 is 20.5 Å². The minimum atomic E-state index is -0.166. The first-order valence-electron chi connectivity index (χ1n) is 7.63. The van der Waals surface area contributed by atoms with Crippen molar-refractivity contribution >= 4 is 17.3 Å². The van der Waals surface area contributed by atoms with E-state index >= 15 is 0 Å². The van der Waals surface area contributed by atoms with Crippen molar-refractivity contribution in [2.24, 2.45) is 0 Å². The second-order valence-corrected chi connectivity index (χ2v) is 5.09. The van der Waals surface area contributed by atoms with Gasteiger partial charge in [-0.25, -0.2) is 0 Å². The zero-order chi connectivity index (χ0) is 16.5. The molecule has 0 aliphatic heterocycles. The van der Waals surface area contributed by atoms with Gasteiger partial charge in [0.2, 0.25) is 0 Å². The van der Waals surface area contributed by atoms with E-state index in [2.05, 4.69) is 10.6 Å². The molecular weight excluding hydrogens is 292 g/mol. The standard InChI is InChI=1S/C18H22N2O3/c1-23-15-10-8-14(9-11-15)20-18(22)16-6-2-3-7-17(16)19-12-4-5-13-21/h2-3,6-11,19,21H,4-5,12-13H2,1H3,(H,20,22).